The topological polar surface area (TPSA) is 77.3 Å². The molecule has 2 aromatic heterocycles. The van der Waals surface area contributed by atoms with Crippen LogP contribution in [0.1, 0.15) is 16.2 Å². The first kappa shape index (κ1) is 20.5. The highest BCUT2D eigenvalue weighted by Gasteiger charge is 2.22. The Kier molecular flexibility index (Phi) is 6.18. The fourth-order valence-corrected chi connectivity index (χ4v) is 3.66. The summed E-state index contributed by atoms with van der Waals surface area (Å²) in [7, 11) is 1.67. The van der Waals surface area contributed by atoms with E-state index >= 15 is 0 Å². The van der Waals surface area contributed by atoms with Gasteiger partial charge in [-0.3, -0.25) is 4.79 Å². The zero-order chi connectivity index (χ0) is 21.6. The molecule has 0 spiro atoms. The molecule has 0 saturated heterocycles. The molecule has 0 atom stereocenters. The van der Waals surface area contributed by atoms with Crippen LogP contribution >= 0.6 is 11.3 Å². The van der Waals surface area contributed by atoms with E-state index in [1.807, 2.05) is 78.2 Å². The van der Waals surface area contributed by atoms with Crippen LogP contribution in [0.2, 0.25) is 0 Å². The number of benzene rings is 2. The van der Waals surface area contributed by atoms with E-state index in [1.54, 1.807) is 11.7 Å². The van der Waals surface area contributed by atoms with Gasteiger partial charge in [0.25, 0.3) is 11.7 Å². The van der Waals surface area contributed by atoms with Crippen LogP contribution in [0.15, 0.2) is 78.2 Å². The predicted octanol–water partition coefficient (Wildman–Crippen LogP) is 3.81. The van der Waals surface area contributed by atoms with Crippen LogP contribution in [0.3, 0.4) is 0 Å². The number of hydrogen-bond donors (Lipinski definition) is 0. The summed E-state index contributed by atoms with van der Waals surface area (Å²) >= 11 is 1.50. The number of likely N-dealkylation sites (N-methyl/N-ethyl adjacent to an activating group) is 1. The highest BCUT2D eigenvalue weighted by molar-refractivity contribution is 7.13. The maximum atomic E-state index is 12.6. The molecule has 0 unspecified atom stereocenters. The number of para-hydroxylation sites is 1. The molecule has 2 aromatic carbocycles. The van der Waals surface area contributed by atoms with Gasteiger partial charge in [-0.15, -0.1) is 16.4 Å². The average molecular weight is 433 g/mol. The van der Waals surface area contributed by atoms with Crippen molar-refractivity contribution in [3.05, 3.63) is 89.6 Å². The summed E-state index contributed by atoms with van der Waals surface area (Å²) in [4.78, 5) is 31.7. The minimum Gasteiger partial charge on any atom is -0.450 e. The van der Waals surface area contributed by atoms with Crippen LogP contribution in [0.4, 0.5) is 0 Å². The highest BCUT2D eigenvalue weighted by atomic mass is 32.1. The molecule has 4 rings (SSSR count). The summed E-state index contributed by atoms with van der Waals surface area (Å²) < 4.78 is 6.81. The minimum absolute atomic E-state index is 0.0919. The molecule has 0 bridgehead atoms. The van der Waals surface area contributed by atoms with Crippen molar-refractivity contribution in [2.24, 2.45) is 0 Å². The Morgan fingerprint density at radius 3 is 2.39 bits per heavy atom. The first-order chi connectivity index (χ1) is 15.1. The van der Waals surface area contributed by atoms with Gasteiger partial charge in [0.2, 0.25) is 0 Å². The second kappa shape index (κ2) is 9.36. The van der Waals surface area contributed by atoms with E-state index in [9.17, 15) is 9.59 Å². The summed E-state index contributed by atoms with van der Waals surface area (Å²) in [5.41, 5.74) is 1.77. The van der Waals surface area contributed by atoms with Gasteiger partial charge in [-0.25, -0.2) is 9.48 Å². The van der Waals surface area contributed by atoms with Gasteiger partial charge in [0.1, 0.15) is 0 Å². The largest absolute Gasteiger partial charge is 0.450 e. The SMILES string of the molecule is CN(Cc1ccccc1)C(=O)COC(=O)c1nc(-c2cccs2)n(-c2ccccc2)n1. The number of aromatic nitrogens is 3. The number of carbonyl (C=O) groups is 2. The maximum absolute atomic E-state index is 12.6. The van der Waals surface area contributed by atoms with Gasteiger partial charge in [0.15, 0.2) is 12.4 Å². The van der Waals surface area contributed by atoms with Crippen LogP contribution in [0.5, 0.6) is 0 Å². The predicted molar refractivity (Wildman–Crippen MR) is 118 cm³/mol. The number of hydrogen-bond acceptors (Lipinski definition) is 6. The molecule has 31 heavy (non-hydrogen) atoms. The lowest BCUT2D eigenvalue weighted by atomic mass is 10.2. The van der Waals surface area contributed by atoms with Crippen molar-refractivity contribution >= 4 is 23.2 Å². The number of ether oxygens (including phenoxy) is 1. The summed E-state index contributed by atoms with van der Waals surface area (Å²) in [5, 5.41) is 6.27. The molecular formula is C23H20N4O3S. The first-order valence-corrected chi connectivity index (χ1v) is 10.5. The molecule has 4 aromatic rings. The highest BCUT2D eigenvalue weighted by Crippen LogP contribution is 2.25. The zero-order valence-electron chi connectivity index (χ0n) is 16.8. The second-order valence-electron chi connectivity index (χ2n) is 6.80. The van der Waals surface area contributed by atoms with E-state index in [0.717, 1.165) is 16.1 Å². The van der Waals surface area contributed by atoms with Crippen molar-refractivity contribution in [2.45, 2.75) is 6.54 Å². The third-order valence-corrected chi connectivity index (χ3v) is 5.41. The molecule has 0 saturated carbocycles. The number of rotatable bonds is 7. The molecular weight excluding hydrogens is 412 g/mol. The molecule has 0 aliphatic heterocycles. The quantitative estimate of drug-likeness (QED) is 0.415. The molecule has 8 heteroatoms. The number of carbonyl (C=O) groups excluding carboxylic acids is 2. The van der Waals surface area contributed by atoms with Crippen LogP contribution in [-0.4, -0.2) is 45.2 Å². The Hall–Kier alpha value is -3.78. The van der Waals surface area contributed by atoms with E-state index in [-0.39, 0.29) is 18.3 Å². The van der Waals surface area contributed by atoms with Gasteiger partial charge < -0.3 is 9.64 Å². The molecule has 0 N–H and O–H groups in total. The standard InChI is InChI=1S/C23H20N4O3S/c1-26(15-17-9-4-2-5-10-17)20(28)16-30-23(29)21-24-22(19-13-8-14-31-19)27(25-21)18-11-6-3-7-12-18/h2-14H,15-16H2,1H3. The molecule has 0 aliphatic rings. The molecule has 2 heterocycles. The second-order valence-corrected chi connectivity index (χ2v) is 7.74. The van der Waals surface area contributed by atoms with Crippen molar-refractivity contribution in [1.29, 1.82) is 0 Å². The molecule has 0 fully saturated rings. The van der Waals surface area contributed by atoms with Crippen molar-refractivity contribution in [3.8, 4) is 16.4 Å². The van der Waals surface area contributed by atoms with Crippen molar-refractivity contribution < 1.29 is 14.3 Å². The molecule has 7 nitrogen and oxygen atoms in total. The fraction of sp³-hybridized carbons (Fsp3) is 0.130. The Labute approximate surface area is 183 Å². The van der Waals surface area contributed by atoms with E-state index in [4.69, 9.17) is 4.74 Å². The normalized spacial score (nSPS) is 10.6. The third kappa shape index (κ3) is 4.87. The molecule has 156 valence electrons. The number of thiophene rings is 1. The Bertz CT molecular complexity index is 1160. The van der Waals surface area contributed by atoms with E-state index < -0.39 is 5.97 Å². The number of amides is 1. The van der Waals surface area contributed by atoms with Crippen LogP contribution in [-0.2, 0) is 16.1 Å². The third-order valence-electron chi connectivity index (χ3n) is 4.55. The van der Waals surface area contributed by atoms with E-state index in [1.165, 1.54) is 16.2 Å². The van der Waals surface area contributed by atoms with Gasteiger partial charge in [-0.05, 0) is 29.1 Å². The van der Waals surface area contributed by atoms with Gasteiger partial charge in [-0.1, -0.05) is 54.6 Å². The summed E-state index contributed by atoms with van der Waals surface area (Å²) in [6.45, 7) is 0.0526. The van der Waals surface area contributed by atoms with Gasteiger partial charge in [-0.2, -0.15) is 4.98 Å². The van der Waals surface area contributed by atoms with Crippen LogP contribution in [0, 0.1) is 0 Å². The molecule has 0 aliphatic carbocycles. The monoisotopic (exact) mass is 432 g/mol. The van der Waals surface area contributed by atoms with E-state index in [2.05, 4.69) is 10.1 Å². The zero-order valence-corrected chi connectivity index (χ0v) is 17.7. The Morgan fingerprint density at radius 1 is 1.00 bits per heavy atom. The van der Waals surface area contributed by atoms with Gasteiger partial charge in [0.05, 0.1) is 10.6 Å². The van der Waals surface area contributed by atoms with Crippen molar-refractivity contribution in [2.75, 3.05) is 13.7 Å². The van der Waals surface area contributed by atoms with Crippen LogP contribution in [0.25, 0.3) is 16.4 Å². The fourth-order valence-electron chi connectivity index (χ4n) is 2.96. The maximum Gasteiger partial charge on any atom is 0.378 e. The van der Waals surface area contributed by atoms with E-state index in [0.29, 0.717) is 12.4 Å². The number of nitrogens with zero attached hydrogens (tertiary/aromatic N) is 4. The van der Waals surface area contributed by atoms with Crippen molar-refractivity contribution in [3.63, 3.8) is 0 Å². The summed E-state index contributed by atoms with van der Waals surface area (Å²) in [6.07, 6.45) is 0. The Morgan fingerprint density at radius 2 is 1.71 bits per heavy atom. The van der Waals surface area contributed by atoms with Gasteiger partial charge in [0, 0.05) is 13.6 Å². The van der Waals surface area contributed by atoms with Crippen molar-refractivity contribution in [1.82, 2.24) is 19.7 Å². The minimum atomic E-state index is -0.742. The average Bonchev–Trinajstić information content (AvgIpc) is 3.48. The lowest BCUT2D eigenvalue weighted by Gasteiger charge is -2.16. The summed E-state index contributed by atoms with van der Waals surface area (Å²) in [5.74, 6) is -0.599. The van der Waals surface area contributed by atoms with Crippen LogP contribution < -0.4 is 0 Å². The lowest BCUT2D eigenvalue weighted by molar-refractivity contribution is -0.133. The Balaban J connectivity index is 1.47. The lowest BCUT2D eigenvalue weighted by Crippen LogP contribution is -2.31. The molecule has 1 amide bonds. The smallest absolute Gasteiger partial charge is 0.378 e. The number of esters is 1. The summed E-state index contributed by atoms with van der Waals surface area (Å²) in [6, 6.07) is 22.8. The first-order valence-electron chi connectivity index (χ1n) is 9.63. The van der Waals surface area contributed by atoms with Gasteiger partial charge >= 0.3 is 5.97 Å². The molecule has 0 radical (unpaired) electrons.